The van der Waals surface area contributed by atoms with Crippen LogP contribution in [0.1, 0.15) is 20.3 Å². The molecule has 0 aromatic rings. The molecule has 0 spiro atoms. The van der Waals surface area contributed by atoms with E-state index < -0.39 is 0 Å². The van der Waals surface area contributed by atoms with Crippen LogP contribution in [0, 0.1) is 0 Å². The predicted octanol–water partition coefficient (Wildman–Crippen LogP) is 1.30. The molecule has 0 aromatic carbocycles. The average Bonchev–Trinajstić information content (AvgIpc) is 2.28. The van der Waals surface area contributed by atoms with Crippen molar-refractivity contribution in [1.82, 2.24) is 9.80 Å². The van der Waals surface area contributed by atoms with E-state index in [-0.39, 0.29) is 0 Å². The van der Waals surface area contributed by atoms with Crippen LogP contribution in [0.15, 0.2) is 11.3 Å². The molecule has 0 bridgehead atoms. The Morgan fingerprint density at radius 1 is 1.33 bits per heavy atom. The lowest BCUT2D eigenvalue weighted by Gasteiger charge is -2.36. The highest BCUT2D eigenvalue weighted by atomic mass is 15.3. The first-order valence-electron chi connectivity index (χ1n) is 4.82. The maximum absolute atomic E-state index is 2.58. The van der Waals surface area contributed by atoms with Gasteiger partial charge in [-0.1, -0.05) is 5.57 Å². The van der Waals surface area contributed by atoms with Gasteiger partial charge in [0, 0.05) is 31.4 Å². The number of rotatable bonds is 0. The molecule has 1 fully saturated rings. The number of hydrogen-bond donors (Lipinski definition) is 0. The second-order valence-electron chi connectivity index (χ2n) is 4.21. The molecule has 1 atom stereocenters. The molecule has 2 rings (SSSR count). The van der Waals surface area contributed by atoms with Crippen molar-refractivity contribution in [2.24, 2.45) is 0 Å². The van der Waals surface area contributed by atoms with E-state index in [0.717, 1.165) is 12.6 Å². The summed E-state index contributed by atoms with van der Waals surface area (Å²) < 4.78 is 0. The van der Waals surface area contributed by atoms with Gasteiger partial charge in [-0.3, -0.25) is 4.90 Å². The molecule has 2 heterocycles. The van der Waals surface area contributed by atoms with E-state index in [9.17, 15) is 0 Å². The first kappa shape index (κ1) is 8.11. The van der Waals surface area contributed by atoms with Crippen molar-refractivity contribution in [2.75, 3.05) is 26.7 Å². The van der Waals surface area contributed by atoms with Crippen LogP contribution in [0.25, 0.3) is 0 Å². The summed E-state index contributed by atoms with van der Waals surface area (Å²) >= 11 is 0. The van der Waals surface area contributed by atoms with E-state index >= 15 is 0 Å². The second kappa shape index (κ2) is 2.77. The predicted molar refractivity (Wildman–Crippen MR) is 51.0 cm³/mol. The lowest BCUT2D eigenvalue weighted by atomic mass is 10.1. The Morgan fingerprint density at radius 2 is 2.08 bits per heavy atom. The topological polar surface area (TPSA) is 6.48 Å². The van der Waals surface area contributed by atoms with Gasteiger partial charge in [-0.25, -0.2) is 0 Å². The Kier molecular flexibility index (Phi) is 1.87. The Bertz CT molecular complexity index is 220. The van der Waals surface area contributed by atoms with Gasteiger partial charge in [0.1, 0.15) is 0 Å². The molecule has 0 radical (unpaired) electrons. The molecule has 1 saturated heterocycles. The average molecular weight is 166 g/mol. The zero-order valence-electron chi connectivity index (χ0n) is 8.30. The van der Waals surface area contributed by atoms with Gasteiger partial charge >= 0.3 is 0 Å². The van der Waals surface area contributed by atoms with Crippen LogP contribution in [0.4, 0.5) is 0 Å². The summed E-state index contributed by atoms with van der Waals surface area (Å²) in [5.74, 6) is 0. The smallest absolute Gasteiger partial charge is 0.0381 e. The molecule has 12 heavy (non-hydrogen) atoms. The molecule has 2 heteroatoms. The highest BCUT2D eigenvalue weighted by molar-refractivity contribution is 5.22. The number of fused-ring (bicyclic) bond motifs is 1. The van der Waals surface area contributed by atoms with Gasteiger partial charge in [0.2, 0.25) is 0 Å². The zero-order valence-corrected chi connectivity index (χ0v) is 8.30. The third-order valence-corrected chi connectivity index (χ3v) is 3.12. The molecule has 1 unspecified atom stereocenters. The zero-order chi connectivity index (χ0) is 8.72. The second-order valence-corrected chi connectivity index (χ2v) is 4.21. The van der Waals surface area contributed by atoms with E-state index in [4.69, 9.17) is 0 Å². The Morgan fingerprint density at radius 3 is 2.83 bits per heavy atom. The Hall–Kier alpha value is -0.500. The van der Waals surface area contributed by atoms with Gasteiger partial charge < -0.3 is 4.90 Å². The number of likely N-dealkylation sites (N-methyl/N-ethyl adjacent to an activating group) is 1. The molecule has 2 aliphatic rings. The van der Waals surface area contributed by atoms with Crippen LogP contribution in [0.2, 0.25) is 0 Å². The highest BCUT2D eigenvalue weighted by Gasteiger charge is 2.29. The minimum Gasteiger partial charge on any atom is -0.370 e. The molecule has 0 aromatic heterocycles. The molecule has 0 saturated carbocycles. The summed E-state index contributed by atoms with van der Waals surface area (Å²) in [6, 6.07) is 0.758. The summed E-state index contributed by atoms with van der Waals surface area (Å²) in [4.78, 5) is 4.99. The van der Waals surface area contributed by atoms with Crippen LogP contribution in [0.3, 0.4) is 0 Å². The fraction of sp³-hybridized carbons (Fsp3) is 0.800. The van der Waals surface area contributed by atoms with Gasteiger partial charge in [-0.2, -0.15) is 0 Å². The molecule has 0 N–H and O–H groups in total. The van der Waals surface area contributed by atoms with Crippen LogP contribution >= 0.6 is 0 Å². The maximum atomic E-state index is 2.58. The monoisotopic (exact) mass is 166 g/mol. The van der Waals surface area contributed by atoms with E-state index in [2.05, 4.69) is 30.7 Å². The van der Waals surface area contributed by atoms with Crippen molar-refractivity contribution in [3.8, 4) is 0 Å². The largest absolute Gasteiger partial charge is 0.370 e. The van der Waals surface area contributed by atoms with Crippen LogP contribution in [-0.4, -0.2) is 42.5 Å². The van der Waals surface area contributed by atoms with Crippen LogP contribution in [-0.2, 0) is 0 Å². The summed E-state index contributed by atoms with van der Waals surface area (Å²) in [7, 11) is 2.21. The van der Waals surface area contributed by atoms with Crippen molar-refractivity contribution in [1.29, 1.82) is 0 Å². The quantitative estimate of drug-likeness (QED) is 0.535. The third kappa shape index (κ3) is 1.14. The first-order chi connectivity index (χ1) is 5.68. The summed E-state index contributed by atoms with van der Waals surface area (Å²) in [5.41, 5.74) is 3.20. The molecular weight excluding hydrogens is 148 g/mol. The molecule has 0 amide bonds. The van der Waals surface area contributed by atoms with Crippen LogP contribution in [0.5, 0.6) is 0 Å². The maximum Gasteiger partial charge on any atom is 0.0381 e. The van der Waals surface area contributed by atoms with Crippen LogP contribution < -0.4 is 0 Å². The Labute approximate surface area is 74.8 Å². The lowest BCUT2D eigenvalue weighted by molar-refractivity contribution is 0.184. The van der Waals surface area contributed by atoms with E-state index in [0.29, 0.717) is 0 Å². The van der Waals surface area contributed by atoms with Crippen molar-refractivity contribution in [2.45, 2.75) is 26.3 Å². The number of nitrogens with zero attached hydrogens (tertiary/aromatic N) is 2. The minimum absolute atomic E-state index is 0.758. The van der Waals surface area contributed by atoms with Gasteiger partial charge in [0.05, 0.1) is 0 Å². The van der Waals surface area contributed by atoms with Gasteiger partial charge in [-0.05, 0) is 27.3 Å². The lowest BCUT2D eigenvalue weighted by Crippen LogP contribution is -2.43. The van der Waals surface area contributed by atoms with Gasteiger partial charge in [0.15, 0.2) is 0 Å². The number of piperazine rings is 1. The molecular formula is C10H18N2. The van der Waals surface area contributed by atoms with E-state index in [1.807, 2.05) is 0 Å². The molecule has 0 aliphatic carbocycles. The van der Waals surface area contributed by atoms with Crippen molar-refractivity contribution >= 4 is 0 Å². The molecule has 2 aliphatic heterocycles. The molecule has 2 nitrogen and oxygen atoms in total. The van der Waals surface area contributed by atoms with Crippen molar-refractivity contribution in [3.63, 3.8) is 0 Å². The number of hydrogen-bond acceptors (Lipinski definition) is 2. The Balaban J connectivity index is 2.19. The third-order valence-electron chi connectivity index (χ3n) is 3.12. The van der Waals surface area contributed by atoms with Gasteiger partial charge in [0.25, 0.3) is 0 Å². The van der Waals surface area contributed by atoms with Crippen molar-refractivity contribution < 1.29 is 0 Å². The van der Waals surface area contributed by atoms with E-state index in [1.165, 1.54) is 19.5 Å². The fourth-order valence-electron chi connectivity index (χ4n) is 2.38. The fourth-order valence-corrected chi connectivity index (χ4v) is 2.38. The summed E-state index contributed by atoms with van der Waals surface area (Å²) in [6.07, 6.45) is 1.28. The first-order valence-corrected chi connectivity index (χ1v) is 4.82. The van der Waals surface area contributed by atoms with E-state index in [1.54, 1.807) is 11.3 Å². The molecule has 68 valence electrons. The van der Waals surface area contributed by atoms with Crippen molar-refractivity contribution in [3.05, 3.63) is 11.3 Å². The SMILES string of the molecule is CC1=C2CN(C)CCN2C(C)C1. The normalized spacial score (nSPS) is 31.2. The standard InChI is InChI=1S/C10H18N2/c1-8-6-9(2)12-5-4-11(3)7-10(8)12/h9H,4-7H2,1-3H3. The van der Waals surface area contributed by atoms with Gasteiger partial charge in [-0.15, -0.1) is 0 Å². The summed E-state index contributed by atoms with van der Waals surface area (Å²) in [5, 5.41) is 0. The summed E-state index contributed by atoms with van der Waals surface area (Å²) in [6.45, 7) is 8.23. The minimum atomic E-state index is 0.758. The highest BCUT2D eigenvalue weighted by Crippen LogP contribution is 2.30.